The maximum Gasteiger partial charge on any atom is 0.318 e. The molecule has 1 saturated heterocycles. The fraction of sp³-hybridized carbons (Fsp3) is 0.552. The molecule has 0 bridgehead atoms. The van der Waals surface area contributed by atoms with Crippen molar-refractivity contribution >= 4 is 17.2 Å². The van der Waals surface area contributed by atoms with Gasteiger partial charge in [0, 0.05) is 43.7 Å². The number of nitriles is 1. The Labute approximate surface area is 230 Å². The lowest BCUT2D eigenvalue weighted by Gasteiger charge is -2.42. The van der Waals surface area contributed by atoms with Crippen molar-refractivity contribution in [1.29, 1.82) is 5.26 Å². The van der Waals surface area contributed by atoms with Crippen LogP contribution in [-0.2, 0) is 13.0 Å². The van der Waals surface area contributed by atoms with Crippen LogP contribution >= 0.6 is 0 Å². The first-order valence-corrected chi connectivity index (χ1v) is 13.8. The van der Waals surface area contributed by atoms with Crippen molar-refractivity contribution in [2.45, 2.75) is 45.2 Å². The van der Waals surface area contributed by atoms with Gasteiger partial charge in [-0.25, -0.2) is 4.39 Å². The molecule has 39 heavy (non-hydrogen) atoms. The van der Waals surface area contributed by atoms with Crippen LogP contribution in [0.2, 0.25) is 0 Å². The molecule has 0 amide bonds. The number of nitrogens with two attached hydrogens (primary N) is 1. The minimum Gasteiger partial charge on any atom is -0.463 e. The molecule has 2 aliphatic heterocycles. The summed E-state index contributed by atoms with van der Waals surface area (Å²) in [5.74, 6) is 0.541. The summed E-state index contributed by atoms with van der Waals surface area (Å²) in [5, 5.41) is 9.48. The molecule has 1 aliphatic carbocycles. The molecule has 1 unspecified atom stereocenters. The number of aromatic nitrogens is 2. The lowest BCUT2D eigenvalue weighted by molar-refractivity contribution is 0.182. The van der Waals surface area contributed by atoms with Crippen molar-refractivity contribution in [3.63, 3.8) is 0 Å². The summed E-state index contributed by atoms with van der Waals surface area (Å²) in [6, 6.07) is 7.59. The summed E-state index contributed by atoms with van der Waals surface area (Å²) in [6.45, 7) is 6.84. The van der Waals surface area contributed by atoms with Crippen LogP contribution in [0.5, 0.6) is 6.01 Å². The predicted molar refractivity (Wildman–Crippen MR) is 151 cm³/mol. The van der Waals surface area contributed by atoms with Gasteiger partial charge in [0.25, 0.3) is 0 Å². The molecule has 3 heterocycles. The van der Waals surface area contributed by atoms with Gasteiger partial charge in [0.1, 0.15) is 11.6 Å². The van der Waals surface area contributed by atoms with E-state index in [9.17, 15) is 9.65 Å². The van der Waals surface area contributed by atoms with E-state index in [2.05, 4.69) is 41.1 Å². The van der Waals surface area contributed by atoms with Gasteiger partial charge in [-0.2, -0.15) is 15.2 Å². The highest BCUT2D eigenvalue weighted by Crippen LogP contribution is 2.46. The van der Waals surface area contributed by atoms with Gasteiger partial charge < -0.3 is 30.1 Å². The van der Waals surface area contributed by atoms with Crippen LogP contribution < -0.4 is 20.3 Å². The average molecular weight is 535 g/mol. The van der Waals surface area contributed by atoms with Crippen molar-refractivity contribution in [2.75, 3.05) is 69.0 Å². The van der Waals surface area contributed by atoms with Gasteiger partial charge in [-0.15, -0.1) is 0 Å². The molecule has 208 valence electrons. The number of nitrogens with zero attached hydrogens (tertiary/aromatic N) is 7. The molecule has 1 aromatic heterocycles. The molecule has 1 aromatic carbocycles. The van der Waals surface area contributed by atoms with Gasteiger partial charge in [0.05, 0.1) is 48.8 Å². The zero-order chi connectivity index (χ0) is 27.6. The highest BCUT2D eigenvalue weighted by Gasteiger charge is 2.44. The molecule has 10 heteroatoms. The van der Waals surface area contributed by atoms with E-state index in [1.165, 1.54) is 6.07 Å². The summed E-state index contributed by atoms with van der Waals surface area (Å²) in [7, 11) is 4.17. The second kappa shape index (κ2) is 11.3. The first kappa shape index (κ1) is 27.0. The summed E-state index contributed by atoms with van der Waals surface area (Å²) in [4.78, 5) is 18.5. The number of allylic oxidation sites excluding steroid dienone is 1. The number of fused-ring (bicyclic) bond motifs is 1. The average Bonchev–Trinajstić information content (AvgIpc) is 3.67. The molecule has 0 radical (unpaired) electrons. The van der Waals surface area contributed by atoms with E-state index >= 15 is 0 Å². The number of halogens is 1. The predicted octanol–water partition coefficient (Wildman–Crippen LogP) is 3.42. The van der Waals surface area contributed by atoms with Gasteiger partial charge in [-0.1, -0.05) is 12.1 Å². The Bertz CT molecular complexity index is 1230. The van der Waals surface area contributed by atoms with Crippen molar-refractivity contribution in [3.05, 3.63) is 47.5 Å². The number of benzene rings is 1. The van der Waals surface area contributed by atoms with Gasteiger partial charge in [0.15, 0.2) is 0 Å². The van der Waals surface area contributed by atoms with Crippen LogP contribution in [0.4, 0.5) is 21.6 Å². The fourth-order valence-corrected chi connectivity index (χ4v) is 5.92. The Morgan fingerprint density at radius 1 is 1.23 bits per heavy atom. The van der Waals surface area contributed by atoms with Gasteiger partial charge in [-0.05, 0) is 58.6 Å². The van der Waals surface area contributed by atoms with E-state index < -0.39 is 0 Å². The zero-order valence-corrected chi connectivity index (χ0v) is 23.2. The zero-order valence-electron chi connectivity index (χ0n) is 23.2. The molecule has 0 spiro atoms. The van der Waals surface area contributed by atoms with Crippen LogP contribution in [0.1, 0.15) is 37.4 Å². The minimum atomic E-state index is -0.331. The van der Waals surface area contributed by atoms with Crippen LogP contribution in [0.3, 0.4) is 0 Å². The smallest absolute Gasteiger partial charge is 0.318 e. The normalized spacial score (nSPS) is 20.3. The minimum absolute atomic E-state index is 0.0723. The summed E-state index contributed by atoms with van der Waals surface area (Å²) >= 11 is 0. The van der Waals surface area contributed by atoms with Gasteiger partial charge >= 0.3 is 6.01 Å². The summed E-state index contributed by atoms with van der Waals surface area (Å²) in [6.07, 6.45) is 7.45. The molecule has 2 fully saturated rings. The first-order chi connectivity index (χ1) is 18.8. The number of ether oxygens (including phenoxy) is 1. The fourth-order valence-electron chi connectivity index (χ4n) is 5.92. The van der Waals surface area contributed by atoms with Crippen LogP contribution in [0.25, 0.3) is 0 Å². The van der Waals surface area contributed by atoms with Crippen LogP contribution in [0.15, 0.2) is 30.5 Å². The Hall–Kier alpha value is -3.58. The molecular weight excluding hydrogens is 495 g/mol. The number of hydrogen-bond acceptors (Lipinski definition) is 9. The third-order valence-corrected chi connectivity index (χ3v) is 7.97. The number of nitrogen functional groups attached to an aromatic ring is 1. The molecule has 2 N–H and O–H groups in total. The van der Waals surface area contributed by atoms with Crippen LogP contribution in [0, 0.1) is 22.6 Å². The molecule has 2 aromatic rings. The number of rotatable bonds is 9. The Morgan fingerprint density at radius 2 is 2.05 bits per heavy atom. The number of para-hydroxylation sites is 1. The Balaban J connectivity index is 1.46. The van der Waals surface area contributed by atoms with E-state index in [1.54, 1.807) is 12.1 Å². The largest absolute Gasteiger partial charge is 0.463 e. The van der Waals surface area contributed by atoms with E-state index in [0.29, 0.717) is 56.5 Å². The maximum atomic E-state index is 14.8. The molecule has 9 nitrogen and oxygen atoms in total. The van der Waals surface area contributed by atoms with E-state index in [1.807, 2.05) is 17.9 Å². The van der Waals surface area contributed by atoms with E-state index in [-0.39, 0.29) is 17.3 Å². The second-order valence-electron chi connectivity index (χ2n) is 11.3. The summed E-state index contributed by atoms with van der Waals surface area (Å²) in [5.41, 5.74) is 9.08. The van der Waals surface area contributed by atoms with Crippen molar-refractivity contribution in [3.8, 4) is 12.1 Å². The Morgan fingerprint density at radius 3 is 2.74 bits per heavy atom. The standard InChI is InChI=1S/C29H39FN8O/c1-4-13-36-15-16-38(17-21(36)8-12-31)27-22-9-14-37(26-23(30)6-5-7-24(26)32)18-25(22)33-28(34-27)39-20-29(10-11-29)19-35(2)3/h4-7,13,21H,8-11,14-20,32H2,1-3H3. The summed E-state index contributed by atoms with van der Waals surface area (Å²) < 4.78 is 21.1. The monoisotopic (exact) mass is 534 g/mol. The quantitative estimate of drug-likeness (QED) is 0.485. The lowest BCUT2D eigenvalue weighted by atomic mass is 10.0. The highest BCUT2D eigenvalue weighted by atomic mass is 19.1. The molecule has 1 saturated carbocycles. The highest BCUT2D eigenvalue weighted by molar-refractivity contribution is 5.69. The first-order valence-electron chi connectivity index (χ1n) is 13.8. The maximum absolute atomic E-state index is 14.8. The molecule has 1 atom stereocenters. The van der Waals surface area contributed by atoms with Gasteiger partial charge in [-0.3, -0.25) is 0 Å². The van der Waals surface area contributed by atoms with Gasteiger partial charge in [0.2, 0.25) is 0 Å². The topological polar surface area (TPSA) is 97.8 Å². The molecular formula is C29H39FN8O. The van der Waals surface area contributed by atoms with E-state index in [4.69, 9.17) is 20.4 Å². The SMILES string of the molecule is CC=CN1CCN(c2nc(OCC3(CN(C)C)CC3)nc3c2CCN(c2c(N)cccc2F)C3)CC1CC#N. The number of piperazine rings is 1. The van der Waals surface area contributed by atoms with Crippen molar-refractivity contribution < 1.29 is 9.13 Å². The molecule has 5 rings (SSSR count). The number of anilines is 3. The third kappa shape index (κ3) is 5.88. The van der Waals surface area contributed by atoms with Crippen molar-refractivity contribution in [1.82, 2.24) is 19.8 Å². The lowest BCUT2D eigenvalue weighted by Crippen LogP contribution is -2.51. The number of hydrogen-bond donors (Lipinski definition) is 1. The second-order valence-corrected chi connectivity index (χ2v) is 11.3. The van der Waals surface area contributed by atoms with Crippen molar-refractivity contribution in [2.24, 2.45) is 5.41 Å². The van der Waals surface area contributed by atoms with E-state index in [0.717, 1.165) is 49.6 Å². The Kier molecular flexibility index (Phi) is 7.80. The molecule has 3 aliphatic rings. The third-order valence-electron chi connectivity index (χ3n) is 7.97. The van der Waals surface area contributed by atoms with Crippen LogP contribution in [-0.4, -0.2) is 79.2 Å².